The second-order valence-corrected chi connectivity index (χ2v) is 5.69. The highest BCUT2D eigenvalue weighted by atomic mass is 32.1. The van der Waals surface area contributed by atoms with Gasteiger partial charge in [0.2, 0.25) is 0 Å². The molecule has 1 aromatic heterocycles. The molecule has 5 nitrogen and oxygen atoms in total. The monoisotopic (exact) mass is 295 g/mol. The number of carbonyl (C=O) groups is 2. The second-order valence-electron chi connectivity index (χ2n) is 4.75. The summed E-state index contributed by atoms with van der Waals surface area (Å²) in [5.41, 5.74) is 0.570. The van der Waals surface area contributed by atoms with Crippen LogP contribution >= 0.6 is 11.3 Å². The lowest BCUT2D eigenvalue weighted by molar-refractivity contribution is -0.131. The quantitative estimate of drug-likeness (QED) is 0.816. The summed E-state index contributed by atoms with van der Waals surface area (Å²) in [5, 5.41) is 13.3. The summed E-state index contributed by atoms with van der Waals surface area (Å²) in [6, 6.07) is 1.85. The van der Waals surface area contributed by atoms with Crippen molar-refractivity contribution >= 4 is 29.3 Å². The average Bonchev–Trinajstić information content (AvgIpc) is 3.04. The van der Waals surface area contributed by atoms with Crippen molar-refractivity contribution in [2.24, 2.45) is 0 Å². The lowest BCUT2D eigenvalue weighted by Crippen LogP contribution is -2.33. The molecule has 1 aliphatic carbocycles. The van der Waals surface area contributed by atoms with Gasteiger partial charge >= 0.3 is 5.97 Å². The lowest BCUT2D eigenvalue weighted by atomic mass is 10.2. The smallest absolute Gasteiger partial charge is 0.328 e. The molecule has 1 heterocycles. The van der Waals surface area contributed by atoms with Crippen molar-refractivity contribution in [1.29, 1.82) is 0 Å². The Morgan fingerprint density at radius 1 is 1.50 bits per heavy atom. The van der Waals surface area contributed by atoms with Crippen LogP contribution in [0, 0.1) is 0 Å². The fourth-order valence-electron chi connectivity index (χ4n) is 2.27. The molecule has 0 saturated heterocycles. The number of amides is 1. The largest absolute Gasteiger partial charge is 0.478 e. The van der Waals surface area contributed by atoms with Crippen molar-refractivity contribution in [3.05, 3.63) is 28.0 Å². The number of rotatable bonds is 5. The van der Waals surface area contributed by atoms with E-state index >= 15 is 0 Å². The molecule has 1 saturated carbocycles. The van der Waals surface area contributed by atoms with E-state index in [1.54, 1.807) is 18.6 Å². The van der Waals surface area contributed by atoms with Crippen LogP contribution in [0.5, 0.6) is 0 Å². The Labute approximate surface area is 121 Å². The molecule has 6 heteroatoms. The molecule has 20 heavy (non-hydrogen) atoms. The number of hydrogen-bond acceptors (Lipinski definition) is 4. The molecule has 0 aromatic carbocycles. The van der Waals surface area contributed by atoms with Crippen LogP contribution in [-0.4, -0.2) is 36.2 Å². The van der Waals surface area contributed by atoms with Crippen LogP contribution < -0.4 is 5.32 Å². The molecule has 0 spiro atoms. The van der Waals surface area contributed by atoms with Crippen molar-refractivity contribution in [3.63, 3.8) is 0 Å². The Hall–Kier alpha value is -1.66. The van der Waals surface area contributed by atoms with Gasteiger partial charge in [-0.3, -0.25) is 4.79 Å². The third-order valence-electron chi connectivity index (χ3n) is 3.33. The number of aliphatic carboxylic acids is 1. The maximum atomic E-state index is 12.1. The fourth-order valence-corrected chi connectivity index (χ4v) is 3.05. The van der Waals surface area contributed by atoms with E-state index in [9.17, 15) is 9.59 Å². The zero-order chi connectivity index (χ0) is 14.5. The summed E-state index contributed by atoms with van der Waals surface area (Å²) in [6.45, 7) is 0. The maximum absolute atomic E-state index is 12.1. The van der Waals surface area contributed by atoms with Crippen molar-refractivity contribution in [2.75, 3.05) is 7.11 Å². The van der Waals surface area contributed by atoms with Gasteiger partial charge < -0.3 is 15.2 Å². The summed E-state index contributed by atoms with van der Waals surface area (Å²) in [6.07, 6.45) is 5.53. The van der Waals surface area contributed by atoms with E-state index in [-0.39, 0.29) is 18.1 Å². The Morgan fingerprint density at radius 3 is 2.95 bits per heavy atom. The van der Waals surface area contributed by atoms with E-state index in [2.05, 4.69) is 5.32 Å². The Kier molecular flexibility index (Phi) is 4.92. The first kappa shape index (κ1) is 14.7. The highest BCUT2D eigenvalue weighted by Crippen LogP contribution is 2.22. The SMILES string of the molecule is COC1CCC(NC(=O)c2csc(/C=C/C(=O)O)c2)C1. The first-order valence-corrected chi connectivity index (χ1v) is 7.29. The van der Waals surface area contributed by atoms with Crippen molar-refractivity contribution in [2.45, 2.75) is 31.4 Å². The van der Waals surface area contributed by atoms with E-state index in [1.165, 1.54) is 17.4 Å². The standard InChI is InChI=1S/C14H17NO4S/c1-19-11-3-2-10(7-11)15-14(18)9-6-12(20-8-9)4-5-13(16)17/h4-6,8,10-11H,2-3,7H2,1H3,(H,15,18)(H,16,17)/b5-4+. The molecule has 2 unspecified atom stereocenters. The van der Waals surface area contributed by atoms with E-state index in [4.69, 9.17) is 9.84 Å². The molecule has 1 aromatic rings. The van der Waals surface area contributed by atoms with Gasteiger partial charge in [0.15, 0.2) is 0 Å². The number of carbonyl (C=O) groups excluding carboxylic acids is 1. The molecular formula is C14H17NO4S. The third-order valence-corrected chi connectivity index (χ3v) is 4.22. The topological polar surface area (TPSA) is 75.6 Å². The number of nitrogens with one attached hydrogen (secondary N) is 1. The summed E-state index contributed by atoms with van der Waals surface area (Å²) in [7, 11) is 1.69. The normalized spacial score (nSPS) is 22.2. The van der Waals surface area contributed by atoms with Gasteiger partial charge in [0.1, 0.15) is 0 Å². The number of carboxylic acids is 1. The average molecular weight is 295 g/mol. The molecule has 2 rings (SSSR count). The van der Waals surface area contributed by atoms with Crippen molar-refractivity contribution in [3.8, 4) is 0 Å². The number of carboxylic acid groups (broad SMARTS) is 1. The van der Waals surface area contributed by atoms with Gasteiger partial charge in [-0.05, 0) is 31.4 Å². The fraction of sp³-hybridized carbons (Fsp3) is 0.429. The minimum absolute atomic E-state index is 0.113. The van der Waals surface area contributed by atoms with Crippen LogP contribution in [0.3, 0.4) is 0 Å². The van der Waals surface area contributed by atoms with Crippen LogP contribution in [0.4, 0.5) is 0 Å². The van der Waals surface area contributed by atoms with Crippen molar-refractivity contribution < 1.29 is 19.4 Å². The van der Waals surface area contributed by atoms with Gasteiger partial charge in [0.05, 0.1) is 11.7 Å². The minimum atomic E-state index is -0.999. The molecule has 2 N–H and O–H groups in total. The predicted octanol–water partition coefficient (Wildman–Crippen LogP) is 2.14. The number of hydrogen-bond donors (Lipinski definition) is 2. The predicted molar refractivity (Wildman–Crippen MR) is 76.9 cm³/mol. The van der Waals surface area contributed by atoms with Crippen LogP contribution in [0.25, 0.3) is 6.08 Å². The molecule has 1 fully saturated rings. The molecule has 0 radical (unpaired) electrons. The van der Waals surface area contributed by atoms with Gasteiger partial charge in [0.25, 0.3) is 5.91 Å². The molecule has 1 aliphatic rings. The van der Waals surface area contributed by atoms with E-state index in [1.807, 2.05) is 0 Å². The number of ether oxygens (including phenoxy) is 1. The molecule has 0 bridgehead atoms. The Bertz CT molecular complexity index is 523. The van der Waals surface area contributed by atoms with Crippen LogP contribution in [-0.2, 0) is 9.53 Å². The lowest BCUT2D eigenvalue weighted by Gasteiger charge is -2.12. The Morgan fingerprint density at radius 2 is 2.30 bits per heavy atom. The maximum Gasteiger partial charge on any atom is 0.328 e. The highest BCUT2D eigenvalue weighted by Gasteiger charge is 2.26. The van der Waals surface area contributed by atoms with E-state index < -0.39 is 5.97 Å². The number of methoxy groups -OCH3 is 1. The van der Waals surface area contributed by atoms with Gasteiger partial charge in [0, 0.05) is 29.5 Å². The van der Waals surface area contributed by atoms with Crippen LogP contribution in [0.15, 0.2) is 17.5 Å². The molecule has 108 valence electrons. The minimum Gasteiger partial charge on any atom is -0.478 e. The molecular weight excluding hydrogens is 278 g/mol. The summed E-state index contributed by atoms with van der Waals surface area (Å²) < 4.78 is 5.27. The molecule has 0 aliphatic heterocycles. The first-order valence-electron chi connectivity index (χ1n) is 6.41. The van der Waals surface area contributed by atoms with Gasteiger partial charge in [-0.1, -0.05) is 0 Å². The molecule has 1 amide bonds. The van der Waals surface area contributed by atoms with E-state index in [0.29, 0.717) is 5.56 Å². The highest BCUT2D eigenvalue weighted by molar-refractivity contribution is 7.11. The summed E-state index contributed by atoms with van der Waals surface area (Å²) in [4.78, 5) is 23.2. The molecule has 2 atom stereocenters. The van der Waals surface area contributed by atoms with Gasteiger partial charge in [-0.2, -0.15) is 0 Å². The van der Waals surface area contributed by atoms with Gasteiger partial charge in [-0.25, -0.2) is 4.79 Å². The summed E-state index contributed by atoms with van der Waals surface area (Å²) in [5.74, 6) is -1.11. The first-order chi connectivity index (χ1) is 9.58. The zero-order valence-electron chi connectivity index (χ0n) is 11.2. The van der Waals surface area contributed by atoms with Gasteiger partial charge in [-0.15, -0.1) is 11.3 Å². The van der Waals surface area contributed by atoms with E-state index in [0.717, 1.165) is 30.2 Å². The zero-order valence-corrected chi connectivity index (χ0v) is 12.0. The second kappa shape index (κ2) is 6.67. The third kappa shape index (κ3) is 3.91. The van der Waals surface area contributed by atoms with Crippen LogP contribution in [0.1, 0.15) is 34.5 Å². The Balaban J connectivity index is 1.91. The number of thiophene rings is 1. The van der Waals surface area contributed by atoms with Crippen LogP contribution in [0.2, 0.25) is 0 Å². The summed E-state index contributed by atoms with van der Waals surface area (Å²) >= 11 is 1.35. The van der Waals surface area contributed by atoms with Crippen molar-refractivity contribution in [1.82, 2.24) is 5.32 Å².